The first-order valence-corrected chi connectivity index (χ1v) is 5.77. The van der Waals surface area contributed by atoms with Crippen molar-refractivity contribution in [2.45, 2.75) is 51.6 Å². The van der Waals surface area contributed by atoms with E-state index in [-0.39, 0.29) is 11.9 Å². The topological polar surface area (TPSA) is 41.1 Å². The molecule has 1 rings (SSSR count). The Labute approximate surface area is 92.3 Å². The molecule has 0 aromatic heterocycles. The summed E-state index contributed by atoms with van der Waals surface area (Å²) >= 11 is 0. The third-order valence-electron chi connectivity index (χ3n) is 2.80. The van der Waals surface area contributed by atoms with Crippen molar-refractivity contribution in [2.24, 2.45) is 0 Å². The predicted molar refractivity (Wildman–Crippen MR) is 62.7 cm³/mol. The molecule has 1 unspecified atom stereocenters. The standard InChI is InChI=1S/C12H22N2O/c1-9(2)8-13-10(3)12(15)14-11-6-4-5-7-11/h10-11,13H,1,4-8H2,2-3H3,(H,14,15). The van der Waals surface area contributed by atoms with Crippen LogP contribution in [0.15, 0.2) is 12.2 Å². The number of hydrogen-bond acceptors (Lipinski definition) is 2. The minimum Gasteiger partial charge on any atom is -0.352 e. The molecule has 0 aromatic carbocycles. The van der Waals surface area contributed by atoms with E-state index in [4.69, 9.17) is 0 Å². The van der Waals surface area contributed by atoms with Crippen LogP contribution in [0.1, 0.15) is 39.5 Å². The molecule has 1 aliphatic rings. The van der Waals surface area contributed by atoms with Gasteiger partial charge in [0.15, 0.2) is 0 Å². The van der Waals surface area contributed by atoms with E-state index in [9.17, 15) is 4.79 Å². The van der Waals surface area contributed by atoms with Gasteiger partial charge >= 0.3 is 0 Å². The van der Waals surface area contributed by atoms with Gasteiger partial charge in [-0.05, 0) is 26.7 Å². The van der Waals surface area contributed by atoms with Gasteiger partial charge in [0.2, 0.25) is 5.91 Å². The lowest BCUT2D eigenvalue weighted by atomic mass is 10.2. The zero-order valence-electron chi connectivity index (χ0n) is 9.81. The highest BCUT2D eigenvalue weighted by Gasteiger charge is 2.19. The van der Waals surface area contributed by atoms with E-state index < -0.39 is 0 Å². The van der Waals surface area contributed by atoms with Crippen LogP contribution in [-0.2, 0) is 4.79 Å². The number of carbonyl (C=O) groups is 1. The van der Waals surface area contributed by atoms with Crippen LogP contribution in [0.3, 0.4) is 0 Å². The normalized spacial score (nSPS) is 18.8. The molecule has 15 heavy (non-hydrogen) atoms. The minimum absolute atomic E-state index is 0.114. The summed E-state index contributed by atoms with van der Waals surface area (Å²) in [6.07, 6.45) is 4.77. The first-order chi connectivity index (χ1) is 7.09. The van der Waals surface area contributed by atoms with Crippen molar-refractivity contribution in [2.75, 3.05) is 6.54 Å². The molecule has 0 aliphatic heterocycles. The molecule has 2 N–H and O–H groups in total. The Morgan fingerprint density at radius 1 is 1.47 bits per heavy atom. The summed E-state index contributed by atoms with van der Waals surface area (Å²) in [6, 6.07) is 0.286. The highest BCUT2D eigenvalue weighted by atomic mass is 16.2. The average molecular weight is 210 g/mol. The first-order valence-electron chi connectivity index (χ1n) is 5.77. The number of hydrogen-bond donors (Lipinski definition) is 2. The maximum atomic E-state index is 11.7. The molecule has 86 valence electrons. The van der Waals surface area contributed by atoms with Crippen LogP contribution in [0, 0.1) is 0 Å². The van der Waals surface area contributed by atoms with Gasteiger partial charge in [-0.3, -0.25) is 4.79 Å². The molecule has 1 fully saturated rings. The lowest BCUT2D eigenvalue weighted by Gasteiger charge is -2.17. The summed E-state index contributed by atoms with van der Waals surface area (Å²) in [4.78, 5) is 11.7. The smallest absolute Gasteiger partial charge is 0.237 e. The van der Waals surface area contributed by atoms with Gasteiger partial charge in [0.25, 0.3) is 0 Å². The molecule has 0 bridgehead atoms. The van der Waals surface area contributed by atoms with Gasteiger partial charge < -0.3 is 10.6 Å². The minimum atomic E-state index is -0.123. The lowest BCUT2D eigenvalue weighted by Crippen LogP contribution is -2.45. The molecule has 0 spiro atoms. The van der Waals surface area contributed by atoms with Crippen LogP contribution < -0.4 is 10.6 Å². The van der Waals surface area contributed by atoms with Crippen LogP contribution in [0.4, 0.5) is 0 Å². The van der Waals surface area contributed by atoms with Gasteiger partial charge in [-0.25, -0.2) is 0 Å². The van der Waals surface area contributed by atoms with E-state index in [0.29, 0.717) is 12.6 Å². The summed E-state index contributed by atoms with van der Waals surface area (Å²) in [6.45, 7) is 8.35. The van der Waals surface area contributed by atoms with Crippen LogP contribution in [0.25, 0.3) is 0 Å². The van der Waals surface area contributed by atoms with Crippen LogP contribution >= 0.6 is 0 Å². The Morgan fingerprint density at radius 2 is 2.07 bits per heavy atom. The zero-order valence-corrected chi connectivity index (χ0v) is 9.81. The highest BCUT2D eigenvalue weighted by Crippen LogP contribution is 2.17. The molecular weight excluding hydrogens is 188 g/mol. The Bertz CT molecular complexity index is 232. The molecule has 0 saturated heterocycles. The van der Waals surface area contributed by atoms with Gasteiger partial charge in [-0.2, -0.15) is 0 Å². The van der Waals surface area contributed by atoms with E-state index in [1.807, 2.05) is 13.8 Å². The second-order valence-corrected chi connectivity index (χ2v) is 4.55. The number of nitrogens with one attached hydrogen (secondary N) is 2. The fraction of sp³-hybridized carbons (Fsp3) is 0.750. The van der Waals surface area contributed by atoms with Crippen molar-refractivity contribution in [3.05, 3.63) is 12.2 Å². The van der Waals surface area contributed by atoms with E-state index in [1.54, 1.807) is 0 Å². The number of rotatable bonds is 5. The van der Waals surface area contributed by atoms with Crippen molar-refractivity contribution in [1.29, 1.82) is 0 Å². The summed E-state index contributed by atoms with van der Waals surface area (Å²) in [5, 5.41) is 6.22. The van der Waals surface area contributed by atoms with Crippen molar-refractivity contribution >= 4 is 5.91 Å². The summed E-state index contributed by atoms with van der Waals surface area (Å²) in [5.74, 6) is 0.114. The molecule has 0 aromatic rings. The van der Waals surface area contributed by atoms with Gasteiger partial charge in [-0.1, -0.05) is 25.0 Å². The Balaban J connectivity index is 2.22. The molecule has 1 saturated carbocycles. The molecule has 3 nitrogen and oxygen atoms in total. The molecule has 1 amide bonds. The van der Waals surface area contributed by atoms with Crippen LogP contribution in [0.5, 0.6) is 0 Å². The molecule has 1 atom stereocenters. The molecule has 1 aliphatic carbocycles. The maximum absolute atomic E-state index is 11.7. The Kier molecular flexibility index (Phi) is 4.82. The van der Waals surface area contributed by atoms with Crippen molar-refractivity contribution in [1.82, 2.24) is 10.6 Å². The number of carbonyl (C=O) groups excluding carboxylic acids is 1. The second kappa shape index (κ2) is 5.91. The summed E-state index contributed by atoms with van der Waals surface area (Å²) in [7, 11) is 0. The first kappa shape index (κ1) is 12.2. The fourth-order valence-corrected chi connectivity index (χ4v) is 1.82. The van der Waals surface area contributed by atoms with E-state index >= 15 is 0 Å². The molecule has 0 radical (unpaired) electrons. The zero-order chi connectivity index (χ0) is 11.3. The van der Waals surface area contributed by atoms with Crippen molar-refractivity contribution in [3.63, 3.8) is 0 Å². The summed E-state index contributed by atoms with van der Waals surface area (Å²) in [5.41, 5.74) is 1.05. The van der Waals surface area contributed by atoms with E-state index in [1.165, 1.54) is 12.8 Å². The highest BCUT2D eigenvalue weighted by molar-refractivity contribution is 5.81. The third kappa shape index (κ3) is 4.47. The molecular formula is C12H22N2O. The largest absolute Gasteiger partial charge is 0.352 e. The van der Waals surface area contributed by atoms with Crippen molar-refractivity contribution < 1.29 is 4.79 Å². The fourth-order valence-electron chi connectivity index (χ4n) is 1.82. The number of amides is 1. The van der Waals surface area contributed by atoms with E-state index in [0.717, 1.165) is 18.4 Å². The molecule has 0 heterocycles. The van der Waals surface area contributed by atoms with E-state index in [2.05, 4.69) is 17.2 Å². The Morgan fingerprint density at radius 3 is 2.60 bits per heavy atom. The SMILES string of the molecule is C=C(C)CNC(C)C(=O)NC1CCCC1. The van der Waals surface area contributed by atoms with Gasteiger partial charge in [0.1, 0.15) is 0 Å². The average Bonchev–Trinajstić information content (AvgIpc) is 2.66. The monoisotopic (exact) mass is 210 g/mol. The Hall–Kier alpha value is -0.830. The van der Waals surface area contributed by atoms with Crippen molar-refractivity contribution in [3.8, 4) is 0 Å². The third-order valence-corrected chi connectivity index (χ3v) is 2.80. The van der Waals surface area contributed by atoms with Gasteiger partial charge in [-0.15, -0.1) is 0 Å². The van der Waals surface area contributed by atoms with Gasteiger partial charge in [0, 0.05) is 12.6 Å². The second-order valence-electron chi connectivity index (χ2n) is 4.55. The van der Waals surface area contributed by atoms with Crippen LogP contribution in [-0.4, -0.2) is 24.5 Å². The lowest BCUT2D eigenvalue weighted by molar-refractivity contribution is -0.123. The summed E-state index contributed by atoms with van der Waals surface area (Å²) < 4.78 is 0. The van der Waals surface area contributed by atoms with Crippen LogP contribution in [0.2, 0.25) is 0 Å². The van der Waals surface area contributed by atoms with Gasteiger partial charge in [0.05, 0.1) is 6.04 Å². The maximum Gasteiger partial charge on any atom is 0.237 e. The quantitative estimate of drug-likeness (QED) is 0.677. The molecule has 3 heteroatoms. The predicted octanol–water partition coefficient (Wildman–Crippen LogP) is 1.60.